The van der Waals surface area contributed by atoms with Crippen LogP contribution in [0, 0.1) is 0 Å². The molecule has 0 unspecified atom stereocenters. The highest BCUT2D eigenvalue weighted by atomic mass is 19.4. The van der Waals surface area contributed by atoms with Crippen LogP contribution in [0.5, 0.6) is 0 Å². The molecule has 19 heavy (non-hydrogen) atoms. The quantitative estimate of drug-likeness (QED) is 0.839. The minimum Gasteiger partial charge on any atom is -0.461 e. The summed E-state index contributed by atoms with van der Waals surface area (Å²) in [6, 6.07) is 8.04. The van der Waals surface area contributed by atoms with Crippen molar-refractivity contribution < 1.29 is 22.4 Å². The van der Waals surface area contributed by atoms with E-state index in [1.165, 1.54) is 19.1 Å². The van der Waals surface area contributed by atoms with Gasteiger partial charge in [0.05, 0.1) is 12.0 Å². The van der Waals surface area contributed by atoms with Gasteiger partial charge in [-0.15, -0.1) is 0 Å². The van der Waals surface area contributed by atoms with Gasteiger partial charge in [-0.3, -0.25) is 4.79 Å². The zero-order valence-electron chi connectivity index (χ0n) is 10.1. The van der Waals surface area contributed by atoms with E-state index in [1.807, 2.05) is 0 Å². The summed E-state index contributed by atoms with van der Waals surface area (Å²) in [5.74, 6) is 0.701. The lowest BCUT2D eigenvalue weighted by atomic mass is 10.1. The van der Waals surface area contributed by atoms with Gasteiger partial charge in [0.25, 0.3) is 0 Å². The third kappa shape index (κ3) is 3.24. The first kappa shape index (κ1) is 13.4. The van der Waals surface area contributed by atoms with E-state index < -0.39 is 11.7 Å². The van der Waals surface area contributed by atoms with Crippen LogP contribution < -0.4 is 0 Å². The Labute approximate surface area is 107 Å². The van der Waals surface area contributed by atoms with E-state index in [0.29, 0.717) is 17.1 Å². The maximum Gasteiger partial charge on any atom is 0.416 e. The highest BCUT2D eigenvalue weighted by Crippen LogP contribution is 2.32. The second-order valence-electron chi connectivity index (χ2n) is 4.22. The Hall–Kier alpha value is -2.04. The number of alkyl halides is 3. The second-order valence-corrected chi connectivity index (χ2v) is 4.22. The van der Waals surface area contributed by atoms with Crippen molar-refractivity contribution in [2.24, 2.45) is 0 Å². The summed E-state index contributed by atoms with van der Waals surface area (Å²) in [7, 11) is 0. The van der Waals surface area contributed by atoms with E-state index in [2.05, 4.69) is 0 Å². The molecule has 0 spiro atoms. The Kier molecular flexibility index (Phi) is 3.46. The van der Waals surface area contributed by atoms with E-state index in [0.717, 1.165) is 12.1 Å². The SMILES string of the molecule is CC(=O)Cc1ccc(-c2cccc(C(F)(F)F)c2)o1. The standard InChI is InChI=1S/C14H11F3O2/c1-9(18)7-12-5-6-13(19-12)10-3-2-4-11(8-10)14(15,16)17/h2-6,8H,7H2,1H3. The van der Waals surface area contributed by atoms with Gasteiger partial charge >= 0.3 is 6.18 Å². The number of benzene rings is 1. The van der Waals surface area contributed by atoms with Gasteiger partial charge in [-0.05, 0) is 31.2 Å². The average Bonchev–Trinajstić information content (AvgIpc) is 2.76. The number of Topliss-reactive ketones (excluding diaryl/α,β-unsaturated/α-hetero) is 1. The van der Waals surface area contributed by atoms with Crippen LogP contribution in [0.3, 0.4) is 0 Å². The van der Waals surface area contributed by atoms with Crippen LogP contribution in [-0.2, 0) is 17.4 Å². The fraction of sp³-hybridized carbons (Fsp3) is 0.214. The molecule has 100 valence electrons. The van der Waals surface area contributed by atoms with Gasteiger partial charge in [0.15, 0.2) is 0 Å². The molecule has 0 bridgehead atoms. The lowest BCUT2D eigenvalue weighted by Crippen LogP contribution is -2.04. The summed E-state index contributed by atoms with van der Waals surface area (Å²) >= 11 is 0. The number of hydrogen-bond acceptors (Lipinski definition) is 2. The zero-order valence-corrected chi connectivity index (χ0v) is 10.1. The number of carbonyl (C=O) groups is 1. The normalized spacial score (nSPS) is 11.6. The number of furan rings is 1. The third-order valence-electron chi connectivity index (χ3n) is 2.56. The topological polar surface area (TPSA) is 30.2 Å². The molecule has 1 aromatic heterocycles. The number of halogens is 3. The Morgan fingerprint density at radius 1 is 1.21 bits per heavy atom. The lowest BCUT2D eigenvalue weighted by molar-refractivity contribution is -0.137. The average molecular weight is 268 g/mol. The number of carbonyl (C=O) groups excluding carboxylic acids is 1. The molecule has 0 aliphatic rings. The monoisotopic (exact) mass is 268 g/mol. The van der Waals surface area contributed by atoms with Gasteiger partial charge in [0, 0.05) is 5.56 Å². The van der Waals surface area contributed by atoms with Crippen LogP contribution in [0.1, 0.15) is 18.2 Å². The van der Waals surface area contributed by atoms with E-state index in [1.54, 1.807) is 12.1 Å². The molecule has 5 heteroatoms. The first-order valence-electron chi connectivity index (χ1n) is 5.62. The molecule has 0 N–H and O–H groups in total. The largest absolute Gasteiger partial charge is 0.461 e. The van der Waals surface area contributed by atoms with Gasteiger partial charge in [-0.1, -0.05) is 12.1 Å². The second kappa shape index (κ2) is 4.91. The Balaban J connectivity index is 2.32. The highest BCUT2D eigenvalue weighted by Gasteiger charge is 2.30. The molecule has 0 saturated heterocycles. The van der Waals surface area contributed by atoms with Crippen LogP contribution in [0.15, 0.2) is 40.8 Å². The van der Waals surface area contributed by atoms with Crippen molar-refractivity contribution in [2.75, 3.05) is 0 Å². The van der Waals surface area contributed by atoms with E-state index in [4.69, 9.17) is 4.42 Å². The third-order valence-corrected chi connectivity index (χ3v) is 2.56. The molecule has 0 aliphatic heterocycles. The van der Waals surface area contributed by atoms with Crippen molar-refractivity contribution in [2.45, 2.75) is 19.5 Å². The predicted molar refractivity (Wildman–Crippen MR) is 63.5 cm³/mol. The summed E-state index contributed by atoms with van der Waals surface area (Å²) < 4.78 is 43.1. The molecule has 2 rings (SSSR count). The van der Waals surface area contributed by atoms with Crippen molar-refractivity contribution in [3.05, 3.63) is 47.7 Å². The molecule has 0 radical (unpaired) electrons. The van der Waals surface area contributed by atoms with Gasteiger partial charge in [-0.25, -0.2) is 0 Å². The van der Waals surface area contributed by atoms with Gasteiger partial charge < -0.3 is 4.42 Å². The predicted octanol–water partition coefficient (Wildman–Crippen LogP) is 4.10. The minimum absolute atomic E-state index is 0.0649. The molecule has 0 saturated carbocycles. The summed E-state index contributed by atoms with van der Waals surface area (Å²) in [5.41, 5.74) is -0.390. The molecule has 2 aromatic rings. The number of hydrogen-bond donors (Lipinski definition) is 0. The molecule has 0 fully saturated rings. The van der Waals surface area contributed by atoms with Crippen LogP contribution in [0.25, 0.3) is 11.3 Å². The smallest absolute Gasteiger partial charge is 0.416 e. The van der Waals surface area contributed by atoms with E-state index in [9.17, 15) is 18.0 Å². The minimum atomic E-state index is -4.38. The molecular weight excluding hydrogens is 257 g/mol. The van der Waals surface area contributed by atoms with Crippen molar-refractivity contribution in [1.82, 2.24) is 0 Å². The molecule has 0 atom stereocenters. The van der Waals surface area contributed by atoms with Crippen LogP contribution in [0.4, 0.5) is 13.2 Å². The van der Waals surface area contributed by atoms with Crippen LogP contribution in [0.2, 0.25) is 0 Å². The first-order valence-corrected chi connectivity index (χ1v) is 5.62. The van der Waals surface area contributed by atoms with Gasteiger partial charge in [0.1, 0.15) is 17.3 Å². The van der Waals surface area contributed by atoms with E-state index in [-0.39, 0.29) is 12.2 Å². The lowest BCUT2D eigenvalue weighted by Gasteiger charge is -2.07. The Bertz CT molecular complexity index is 597. The summed E-state index contributed by atoms with van der Waals surface area (Å²) in [6.45, 7) is 1.42. The molecule has 2 nitrogen and oxygen atoms in total. The van der Waals surface area contributed by atoms with Crippen molar-refractivity contribution in [1.29, 1.82) is 0 Å². The maximum atomic E-state index is 12.6. The van der Waals surface area contributed by atoms with Crippen molar-refractivity contribution in [3.8, 4) is 11.3 Å². The molecular formula is C14H11F3O2. The first-order chi connectivity index (χ1) is 8.86. The summed E-state index contributed by atoms with van der Waals surface area (Å²) in [4.78, 5) is 10.9. The van der Waals surface area contributed by atoms with Crippen LogP contribution in [-0.4, -0.2) is 5.78 Å². The highest BCUT2D eigenvalue weighted by molar-refractivity contribution is 5.77. The van der Waals surface area contributed by atoms with Crippen LogP contribution >= 0.6 is 0 Å². The molecule has 0 aliphatic carbocycles. The molecule has 1 aromatic carbocycles. The fourth-order valence-electron chi connectivity index (χ4n) is 1.72. The van der Waals surface area contributed by atoms with E-state index >= 15 is 0 Å². The van der Waals surface area contributed by atoms with Gasteiger partial charge in [0.2, 0.25) is 0 Å². The zero-order chi connectivity index (χ0) is 14.0. The maximum absolute atomic E-state index is 12.6. The van der Waals surface area contributed by atoms with Crippen molar-refractivity contribution >= 4 is 5.78 Å². The summed E-state index contributed by atoms with van der Waals surface area (Å²) in [6.07, 6.45) is -4.25. The Morgan fingerprint density at radius 2 is 1.95 bits per heavy atom. The fourth-order valence-corrected chi connectivity index (χ4v) is 1.72. The summed E-state index contributed by atoms with van der Waals surface area (Å²) in [5, 5.41) is 0. The molecule has 1 heterocycles. The number of rotatable bonds is 3. The Morgan fingerprint density at radius 3 is 2.58 bits per heavy atom. The molecule has 0 amide bonds. The van der Waals surface area contributed by atoms with Crippen molar-refractivity contribution in [3.63, 3.8) is 0 Å². The van der Waals surface area contributed by atoms with Gasteiger partial charge in [-0.2, -0.15) is 13.2 Å². The number of ketones is 1.